The summed E-state index contributed by atoms with van der Waals surface area (Å²) in [4.78, 5) is 0. The number of allylic oxidation sites excluding steroid dienone is 2. The van der Waals surface area contributed by atoms with E-state index in [0.717, 1.165) is 37.9 Å². The summed E-state index contributed by atoms with van der Waals surface area (Å²) in [5, 5.41) is 0. The quantitative estimate of drug-likeness (QED) is 0.388. The van der Waals surface area contributed by atoms with Crippen molar-refractivity contribution in [3.8, 4) is 0 Å². The molecule has 24 heavy (non-hydrogen) atoms. The van der Waals surface area contributed by atoms with Gasteiger partial charge in [-0.1, -0.05) is 65.0 Å². The van der Waals surface area contributed by atoms with E-state index >= 15 is 0 Å². The first kappa shape index (κ1) is 21.7. The molecular weight excluding hydrogens is 296 g/mol. The average Bonchev–Trinajstić information content (AvgIpc) is 2.50. The van der Waals surface area contributed by atoms with Gasteiger partial charge in [0.1, 0.15) is 0 Å². The SMILES string of the molecule is C/C(=C\CCC1(C)OCC(C)CO1)CCCC(C)CCCC(C)C. The molecule has 0 bridgehead atoms. The molecule has 0 N–H and O–H groups in total. The molecule has 1 heterocycles. The summed E-state index contributed by atoms with van der Waals surface area (Å²) in [6.45, 7) is 15.2. The molecule has 1 aliphatic heterocycles. The van der Waals surface area contributed by atoms with Crippen LogP contribution in [0.4, 0.5) is 0 Å². The van der Waals surface area contributed by atoms with Crippen LogP contribution in [0, 0.1) is 17.8 Å². The molecule has 0 aliphatic carbocycles. The summed E-state index contributed by atoms with van der Waals surface area (Å²) in [5.41, 5.74) is 1.53. The Labute approximate surface area is 151 Å². The van der Waals surface area contributed by atoms with Gasteiger partial charge in [0.25, 0.3) is 0 Å². The molecule has 0 aromatic heterocycles. The van der Waals surface area contributed by atoms with Crippen LogP contribution in [-0.2, 0) is 9.47 Å². The summed E-state index contributed by atoms with van der Waals surface area (Å²) in [7, 11) is 0. The molecule has 2 nitrogen and oxygen atoms in total. The predicted octanol–water partition coefficient (Wildman–Crippen LogP) is 6.74. The molecule has 0 spiro atoms. The highest BCUT2D eigenvalue weighted by Crippen LogP contribution is 2.26. The first-order valence-corrected chi connectivity index (χ1v) is 10.2. The van der Waals surface area contributed by atoms with Crippen LogP contribution in [0.3, 0.4) is 0 Å². The Kier molecular flexibility index (Phi) is 10.2. The van der Waals surface area contributed by atoms with E-state index in [1.807, 2.05) is 0 Å². The molecule has 142 valence electrons. The highest BCUT2D eigenvalue weighted by atomic mass is 16.7. The lowest BCUT2D eigenvalue weighted by Gasteiger charge is -2.36. The zero-order valence-electron chi connectivity index (χ0n) is 17.2. The number of hydrogen-bond acceptors (Lipinski definition) is 2. The van der Waals surface area contributed by atoms with Gasteiger partial charge in [0, 0.05) is 12.3 Å². The fourth-order valence-electron chi connectivity index (χ4n) is 3.30. The van der Waals surface area contributed by atoms with Crippen molar-refractivity contribution in [1.29, 1.82) is 0 Å². The predicted molar refractivity (Wildman–Crippen MR) is 104 cm³/mol. The molecule has 1 saturated heterocycles. The van der Waals surface area contributed by atoms with Crippen LogP contribution in [-0.4, -0.2) is 19.0 Å². The lowest BCUT2D eigenvalue weighted by Crippen LogP contribution is -2.40. The Morgan fingerprint density at radius 2 is 1.71 bits per heavy atom. The van der Waals surface area contributed by atoms with Gasteiger partial charge in [0.15, 0.2) is 5.79 Å². The zero-order chi connectivity index (χ0) is 18.0. The van der Waals surface area contributed by atoms with Gasteiger partial charge in [0.05, 0.1) is 13.2 Å². The van der Waals surface area contributed by atoms with Crippen molar-refractivity contribution < 1.29 is 9.47 Å². The fraction of sp³-hybridized carbons (Fsp3) is 0.909. The third kappa shape index (κ3) is 9.84. The van der Waals surface area contributed by atoms with E-state index in [9.17, 15) is 0 Å². The average molecular weight is 339 g/mol. The minimum Gasteiger partial charge on any atom is -0.350 e. The van der Waals surface area contributed by atoms with Crippen LogP contribution in [0.5, 0.6) is 0 Å². The molecular formula is C22H42O2. The lowest BCUT2D eigenvalue weighted by molar-refractivity contribution is -0.273. The summed E-state index contributed by atoms with van der Waals surface area (Å²) < 4.78 is 11.7. The van der Waals surface area contributed by atoms with Gasteiger partial charge in [-0.15, -0.1) is 0 Å². The number of ether oxygens (including phenoxy) is 2. The van der Waals surface area contributed by atoms with E-state index in [1.165, 1.54) is 44.1 Å². The van der Waals surface area contributed by atoms with Crippen LogP contribution >= 0.6 is 0 Å². The molecule has 0 amide bonds. The first-order valence-electron chi connectivity index (χ1n) is 10.2. The number of hydrogen-bond donors (Lipinski definition) is 0. The Morgan fingerprint density at radius 3 is 2.33 bits per heavy atom. The molecule has 1 atom stereocenters. The topological polar surface area (TPSA) is 18.5 Å². The summed E-state index contributed by atoms with van der Waals surface area (Å²) in [6, 6.07) is 0. The van der Waals surface area contributed by atoms with E-state index in [2.05, 4.69) is 47.6 Å². The maximum absolute atomic E-state index is 5.87. The lowest BCUT2D eigenvalue weighted by atomic mass is 9.94. The van der Waals surface area contributed by atoms with E-state index in [4.69, 9.17) is 9.47 Å². The van der Waals surface area contributed by atoms with Crippen molar-refractivity contribution in [2.45, 2.75) is 98.7 Å². The minimum atomic E-state index is -0.367. The molecule has 0 aromatic carbocycles. The molecule has 0 aromatic rings. The molecule has 1 aliphatic rings. The molecule has 0 radical (unpaired) electrons. The van der Waals surface area contributed by atoms with Gasteiger partial charge in [-0.05, 0) is 44.9 Å². The van der Waals surface area contributed by atoms with E-state index in [1.54, 1.807) is 0 Å². The monoisotopic (exact) mass is 338 g/mol. The third-order valence-electron chi connectivity index (χ3n) is 5.18. The molecule has 0 saturated carbocycles. The highest BCUT2D eigenvalue weighted by Gasteiger charge is 2.30. The molecule has 1 fully saturated rings. The second-order valence-electron chi connectivity index (χ2n) is 8.77. The Hall–Kier alpha value is -0.340. The van der Waals surface area contributed by atoms with E-state index < -0.39 is 0 Å². The fourth-order valence-corrected chi connectivity index (χ4v) is 3.30. The number of rotatable bonds is 11. The van der Waals surface area contributed by atoms with Gasteiger partial charge >= 0.3 is 0 Å². The van der Waals surface area contributed by atoms with Crippen molar-refractivity contribution in [3.05, 3.63) is 11.6 Å². The maximum Gasteiger partial charge on any atom is 0.165 e. The van der Waals surface area contributed by atoms with Crippen molar-refractivity contribution in [2.75, 3.05) is 13.2 Å². The van der Waals surface area contributed by atoms with Gasteiger partial charge in [-0.2, -0.15) is 0 Å². The highest BCUT2D eigenvalue weighted by molar-refractivity contribution is 4.98. The Morgan fingerprint density at radius 1 is 1.08 bits per heavy atom. The molecule has 1 rings (SSSR count). The van der Waals surface area contributed by atoms with Crippen LogP contribution in [0.2, 0.25) is 0 Å². The van der Waals surface area contributed by atoms with Crippen molar-refractivity contribution >= 4 is 0 Å². The third-order valence-corrected chi connectivity index (χ3v) is 5.18. The Balaban J connectivity index is 2.11. The molecule has 1 unspecified atom stereocenters. The van der Waals surface area contributed by atoms with Gasteiger partial charge in [-0.25, -0.2) is 0 Å². The van der Waals surface area contributed by atoms with Crippen LogP contribution < -0.4 is 0 Å². The standard InChI is InChI=1S/C22H42O2/c1-18(2)10-7-11-19(3)12-8-13-20(4)14-9-15-22(6)23-16-21(5)17-24-22/h14,18-19,21H,7-13,15-17H2,1-6H3/b20-14+. The van der Waals surface area contributed by atoms with Crippen molar-refractivity contribution in [3.63, 3.8) is 0 Å². The van der Waals surface area contributed by atoms with Crippen molar-refractivity contribution in [1.82, 2.24) is 0 Å². The second-order valence-corrected chi connectivity index (χ2v) is 8.77. The maximum atomic E-state index is 5.87. The first-order chi connectivity index (χ1) is 11.3. The second kappa shape index (κ2) is 11.3. The van der Waals surface area contributed by atoms with Gasteiger partial charge in [-0.3, -0.25) is 0 Å². The van der Waals surface area contributed by atoms with E-state index in [-0.39, 0.29) is 5.79 Å². The smallest absolute Gasteiger partial charge is 0.165 e. The zero-order valence-corrected chi connectivity index (χ0v) is 17.2. The summed E-state index contributed by atoms with van der Waals surface area (Å²) >= 11 is 0. The summed E-state index contributed by atoms with van der Waals surface area (Å²) in [5.74, 6) is 1.89. The normalized spacial score (nSPS) is 26.8. The van der Waals surface area contributed by atoms with Crippen LogP contribution in [0.1, 0.15) is 92.9 Å². The largest absolute Gasteiger partial charge is 0.350 e. The van der Waals surface area contributed by atoms with Crippen molar-refractivity contribution in [2.24, 2.45) is 17.8 Å². The van der Waals surface area contributed by atoms with Crippen LogP contribution in [0.15, 0.2) is 11.6 Å². The van der Waals surface area contributed by atoms with E-state index in [0.29, 0.717) is 5.92 Å². The Bertz CT molecular complexity index is 351. The van der Waals surface area contributed by atoms with Crippen LogP contribution in [0.25, 0.3) is 0 Å². The molecule has 2 heteroatoms. The summed E-state index contributed by atoms with van der Waals surface area (Å²) in [6.07, 6.45) is 12.5. The van der Waals surface area contributed by atoms with Gasteiger partial charge < -0.3 is 9.47 Å². The van der Waals surface area contributed by atoms with Gasteiger partial charge in [0.2, 0.25) is 0 Å². The minimum absolute atomic E-state index is 0.367.